The molecule has 4 aromatic rings. The molecule has 1 aliphatic heterocycles. The van der Waals surface area contributed by atoms with Gasteiger partial charge in [0.2, 0.25) is 0 Å². The molecule has 0 bridgehead atoms. The maximum atomic E-state index is 13.2. The lowest BCUT2D eigenvalue weighted by Gasteiger charge is -2.17. The molecule has 1 aliphatic rings. The number of nitrogens with zero attached hydrogens (tertiary/aromatic N) is 2. The number of fused-ring (bicyclic) bond motifs is 2. The summed E-state index contributed by atoms with van der Waals surface area (Å²) in [6, 6.07) is 26.5. The molecule has 0 radical (unpaired) electrons. The van der Waals surface area contributed by atoms with Crippen molar-refractivity contribution in [3.63, 3.8) is 0 Å². The molecule has 1 amide bonds. The molecule has 0 atom stereocenters. The summed E-state index contributed by atoms with van der Waals surface area (Å²) in [6.07, 6.45) is 0. The van der Waals surface area contributed by atoms with Crippen LogP contribution in [0.3, 0.4) is 0 Å². The molecule has 0 saturated heterocycles. The van der Waals surface area contributed by atoms with Crippen molar-refractivity contribution in [2.24, 2.45) is 5.16 Å². The molecule has 8 heteroatoms. The number of nitrogens with one attached hydrogen (secondary N) is 1. The Morgan fingerprint density at radius 1 is 0.879 bits per heavy atom. The van der Waals surface area contributed by atoms with Crippen molar-refractivity contribution in [1.29, 1.82) is 0 Å². The number of hydrogen-bond donors (Lipinski definition) is 2. The molecule has 4 aromatic carbocycles. The van der Waals surface area contributed by atoms with E-state index < -0.39 is 15.9 Å². The summed E-state index contributed by atoms with van der Waals surface area (Å²) < 4.78 is 28.9. The molecular formula is C25H19N3O4S. The molecular weight excluding hydrogens is 438 g/mol. The van der Waals surface area contributed by atoms with E-state index >= 15 is 0 Å². The zero-order valence-corrected chi connectivity index (χ0v) is 18.2. The van der Waals surface area contributed by atoms with Crippen LogP contribution in [0.2, 0.25) is 0 Å². The van der Waals surface area contributed by atoms with Crippen LogP contribution in [0.4, 0.5) is 11.4 Å². The van der Waals surface area contributed by atoms with Crippen LogP contribution in [0, 0.1) is 0 Å². The number of oxime groups is 1. The number of anilines is 2. The van der Waals surface area contributed by atoms with E-state index in [2.05, 4.69) is 9.88 Å². The lowest BCUT2D eigenvalue weighted by atomic mass is 10.1. The second-order valence-electron chi connectivity index (χ2n) is 7.64. The summed E-state index contributed by atoms with van der Waals surface area (Å²) in [6.45, 7) is 0.298. The van der Waals surface area contributed by atoms with E-state index in [1.54, 1.807) is 36.4 Å². The Kier molecular flexibility index (Phi) is 5.07. The van der Waals surface area contributed by atoms with Crippen molar-refractivity contribution >= 4 is 43.8 Å². The first kappa shape index (κ1) is 20.7. The first-order valence-electron chi connectivity index (χ1n) is 10.2. The van der Waals surface area contributed by atoms with E-state index in [1.807, 2.05) is 48.5 Å². The van der Waals surface area contributed by atoms with Gasteiger partial charge >= 0.3 is 0 Å². The van der Waals surface area contributed by atoms with Crippen LogP contribution in [0.15, 0.2) is 101 Å². The van der Waals surface area contributed by atoms with Gasteiger partial charge in [-0.05, 0) is 35.2 Å². The van der Waals surface area contributed by atoms with Crippen molar-refractivity contribution < 1.29 is 18.4 Å². The Morgan fingerprint density at radius 2 is 1.61 bits per heavy atom. The van der Waals surface area contributed by atoms with Gasteiger partial charge in [-0.15, -0.1) is 0 Å². The average Bonchev–Trinajstić information content (AvgIpc) is 3.09. The van der Waals surface area contributed by atoms with E-state index in [0.29, 0.717) is 23.2 Å². The summed E-state index contributed by atoms with van der Waals surface area (Å²) in [5, 5.41) is 14.1. The maximum absolute atomic E-state index is 13.2. The highest BCUT2D eigenvalue weighted by Gasteiger charge is 2.35. The number of hydrogen-bond acceptors (Lipinski definition) is 5. The minimum Gasteiger partial charge on any atom is -0.410 e. The number of amides is 1. The zero-order chi connectivity index (χ0) is 23.0. The Labute approximate surface area is 190 Å². The van der Waals surface area contributed by atoms with Crippen LogP contribution < -0.4 is 9.62 Å². The second kappa shape index (κ2) is 8.07. The van der Waals surface area contributed by atoms with E-state index in [1.165, 1.54) is 11.0 Å². The quantitative estimate of drug-likeness (QED) is 0.343. The summed E-state index contributed by atoms with van der Waals surface area (Å²) in [5.41, 5.74) is 1.95. The lowest BCUT2D eigenvalue weighted by molar-refractivity contribution is -0.112. The molecule has 164 valence electrons. The van der Waals surface area contributed by atoms with Gasteiger partial charge in [0.15, 0.2) is 5.71 Å². The van der Waals surface area contributed by atoms with Gasteiger partial charge in [-0.2, -0.15) is 0 Å². The Morgan fingerprint density at radius 3 is 2.39 bits per heavy atom. The molecule has 33 heavy (non-hydrogen) atoms. The van der Waals surface area contributed by atoms with Gasteiger partial charge in [-0.3, -0.25) is 9.52 Å². The van der Waals surface area contributed by atoms with E-state index in [0.717, 1.165) is 10.9 Å². The number of rotatable bonds is 5. The first-order chi connectivity index (χ1) is 16.0. The van der Waals surface area contributed by atoms with Crippen molar-refractivity contribution in [3.05, 3.63) is 102 Å². The maximum Gasteiger partial charge on any atom is 0.281 e. The van der Waals surface area contributed by atoms with Gasteiger partial charge in [0, 0.05) is 16.6 Å². The van der Waals surface area contributed by atoms with Crippen LogP contribution >= 0.6 is 0 Å². The van der Waals surface area contributed by atoms with Crippen molar-refractivity contribution in [2.75, 3.05) is 9.62 Å². The number of carbonyl (C=O) groups is 1. The average molecular weight is 458 g/mol. The molecule has 2 N–H and O–H groups in total. The third kappa shape index (κ3) is 3.70. The lowest BCUT2D eigenvalue weighted by Crippen LogP contribution is -2.29. The topological polar surface area (TPSA) is 99.1 Å². The SMILES string of the molecule is O=C1/C(=N\O)c2cc(NS(=O)(=O)c3cccc4ccccc34)ccc2N1Cc1ccccc1. The highest BCUT2D eigenvalue weighted by molar-refractivity contribution is 7.93. The standard InChI is InChI=1S/C25H19N3O4S/c29-25-24(26-30)21-15-19(13-14-22(21)28(25)16-17-7-2-1-3-8-17)27-33(31,32)23-12-6-10-18-9-4-5-11-20(18)23/h1-15,27,30H,16H2/b26-24-. The molecule has 0 fully saturated rings. The number of sulfonamides is 1. The van der Waals surface area contributed by atoms with Gasteiger partial charge < -0.3 is 10.1 Å². The minimum absolute atomic E-state index is 0.132. The Bertz CT molecular complexity index is 1510. The molecule has 0 aromatic heterocycles. The highest BCUT2D eigenvalue weighted by atomic mass is 32.2. The van der Waals surface area contributed by atoms with E-state index in [4.69, 9.17) is 0 Å². The fraction of sp³-hybridized carbons (Fsp3) is 0.0400. The molecule has 5 rings (SSSR count). The summed E-state index contributed by atoms with van der Waals surface area (Å²) in [7, 11) is -3.91. The molecule has 7 nitrogen and oxygen atoms in total. The van der Waals surface area contributed by atoms with Crippen LogP contribution in [0.1, 0.15) is 11.1 Å². The smallest absolute Gasteiger partial charge is 0.281 e. The van der Waals surface area contributed by atoms with Gasteiger partial charge in [-0.1, -0.05) is 71.9 Å². The fourth-order valence-electron chi connectivity index (χ4n) is 4.04. The highest BCUT2D eigenvalue weighted by Crippen LogP contribution is 2.34. The predicted octanol–water partition coefficient (Wildman–Crippen LogP) is 4.37. The van der Waals surface area contributed by atoms with Gasteiger partial charge in [0.25, 0.3) is 15.9 Å². The largest absolute Gasteiger partial charge is 0.410 e. The van der Waals surface area contributed by atoms with Crippen LogP contribution in [-0.2, 0) is 21.4 Å². The third-order valence-corrected chi connectivity index (χ3v) is 7.00. The summed E-state index contributed by atoms with van der Waals surface area (Å²) >= 11 is 0. The van der Waals surface area contributed by atoms with E-state index in [-0.39, 0.29) is 16.3 Å². The van der Waals surface area contributed by atoms with Crippen molar-refractivity contribution in [3.8, 4) is 0 Å². The van der Waals surface area contributed by atoms with Crippen molar-refractivity contribution in [2.45, 2.75) is 11.4 Å². The summed E-state index contributed by atoms with van der Waals surface area (Å²) in [5.74, 6) is -0.453. The Hall–Kier alpha value is -4.17. The fourth-order valence-corrected chi connectivity index (χ4v) is 5.32. The predicted molar refractivity (Wildman–Crippen MR) is 127 cm³/mol. The van der Waals surface area contributed by atoms with Crippen LogP contribution in [0.25, 0.3) is 10.8 Å². The molecule has 0 aliphatic carbocycles. The number of carbonyl (C=O) groups excluding carboxylic acids is 1. The zero-order valence-electron chi connectivity index (χ0n) is 17.3. The van der Waals surface area contributed by atoms with Gasteiger partial charge in [0.05, 0.1) is 17.1 Å². The Balaban J connectivity index is 1.50. The minimum atomic E-state index is -3.91. The summed E-state index contributed by atoms with van der Waals surface area (Å²) in [4.78, 5) is 14.5. The third-order valence-electron chi connectivity index (χ3n) is 5.57. The van der Waals surface area contributed by atoms with Crippen LogP contribution in [0.5, 0.6) is 0 Å². The molecule has 0 saturated carbocycles. The van der Waals surface area contributed by atoms with Gasteiger partial charge in [0.1, 0.15) is 0 Å². The van der Waals surface area contributed by atoms with Crippen LogP contribution in [-0.4, -0.2) is 25.2 Å². The van der Waals surface area contributed by atoms with Gasteiger partial charge in [-0.25, -0.2) is 8.42 Å². The molecule has 0 spiro atoms. The second-order valence-corrected chi connectivity index (χ2v) is 9.29. The first-order valence-corrected chi connectivity index (χ1v) is 11.7. The molecule has 0 unspecified atom stereocenters. The normalized spacial score (nSPS) is 14.6. The monoisotopic (exact) mass is 457 g/mol. The van der Waals surface area contributed by atoms with Crippen molar-refractivity contribution in [1.82, 2.24) is 0 Å². The van der Waals surface area contributed by atoms with E-state index in [9.17, 15) is 18.4 Å². The number of benzene rings is 4. The molecule has 1 heterocycles.